The van der Waals surface area contributed by atoms with Gasteiger partial charge in [-0.3, -0.25) is 4.79 Å². The molecule has 0 aliphatic rings. The van der Waals surface area contributed by atoms with Crippen molar-refractivity contribution in [2.75, 3.05) is 30.4 Å². The van der Waals surface area contributed by atoms with E-state index in [4.69, 9.17) is 6.42 Å². The highest BCUT2D eigenvalue weighted by molar-refractivity contribution is 5.73. The molecule has 1 aromatic heterocycles. The number of anilines is 2. The van der Waals surface area contributed by atoms with Crippen LogP contribution in [0.1, 0.15) is 58.9 Å². The van der Waals surface area contributed by atoms with Crippen LogP contribution in [0.25, 0.3) is 0 Å². The maximum atomic E-state index is 11.6. The third-order valence-electron chi connectivity index (χ3n) is 4.61. The Morgan fingerprint density at radius 1 is 1.40 bits per heavy atom. The molecule has 138 valence electrons. The monoisotopic (exact) mass is 345 g/mol. The van der Waals surface area contributed by atoms with Crippen LogP contribution in [0.4, 0.5) is 11.8 Å². The minimum atomic E-state index is -0.235. The van der Waals surface area contributed by atoms with E-state index in [1.807, 2.05) is 0 Å². The first-order valence-electron chi connectivity index (χ1n) is 9.01. The Morgan fingerprint density at radius 3 is 2.60 bits per heavy atom. The molecule has 1 heterocycles. The van der Waals surface area contributed by atoms with Crippen LogP contribution in [0, 0.1) is 12.3 Å². The number of likely N-dealkylation sites (N-methyl/N-ethyl adjacent to an activating group) is 1. The maximum Gasteiger partial charge on any atom is 0.224 e. The molecule has 1 unspecified atom stereocenters. The highest BCUT2D eigenvalue weighted by Gasteiger charge is 2.36. The molecule has 0 radical (unpaired) electrons. The standard InChI is InChI=1S/C19H31N5O/c1-7-11-12-19(9-3,14-22-15(5)25)24(10-4)17-16(8-2)13-21-18(20-6)23-17/h2,13H,7,9-12,14H2,1,3-6H3,(H,22,25)(H,20,21,23). The quantitative estimate of drug-likeness (QED) is 0.638. The first-order chi connectivity index (χ1) is 12.0. The molecule has 0 saturated heterocycles. The Labute approximate surface area is 151 Å². The number of hydrogen-bond donors (Lipinski definition) is 2. The smallest absolute Gasteiger partial charge is 0.224 e. The molecule has 0 aliphatic heterocycles. The molecular formula is C19H31N5O. The average molecular weight is 345 g/mol. The zero-order valence-corrected chi connectivity index (χ0v) is 16.1. The first-order valence-corrected chi connectivity index (χ1v) is 9.01. The Morgan fingerprint density at radius 2 is 2.12 bits per heavy atom. The molecule has 6 nitrogen and oxygen atoms in total. The van der Waals surface area contributed by atoms with Crippen molar-refractivity contribution in [3.8, 4) is 12.3 Å². The van der Waals surface area contributed by atoms with E-state index in [0.29, 0.717) is 18.1 Å². The molecule has 0 aromatic carbocycles. The van der Waals surface area contributed by atoms with Crippen LogP contribution >= 0.6 is 0 Å². The van der Waals surface area contributed by atoms with Crippen LogP contribution in [-0.2, 0) is 4.79 Å². The summed E-state index contributed by atoms with van der Waals surface area (Å²) < 4.78 is 0. The predicted octanol–water partition coefficient (Wildman–Crippen LogP) is 2.80. The number of terminal acetylenes is 1. The molecule has 0 aliphatic carbocycles. The summed E-state index contributed by atoms with van der Waals surface area (Å²) >= 11 is 0. The van der Waals surface area contributed by atoms with E-state index in [9.17, 15) is 4.79 Å². The van der Waals surface area contributed by atoms with Gasteiger partial charge in [0.05, 0.1) is 17.3 Å². The second-order valence-electron chi connectivity index (χ2n) is 6.16. The van der Waals surface area contributed by atoms with Gasteiger partial charge in [-0.2, -0.15) is 4.98 Å². The Hall–Kier alpha value is -2.29. The second kappa shape index (κ2) is 9.87. The normalized spacial score (nSPS) is 12.8. The molecule has 1 rings (SSSR count). The van der Waals surface area contributed by atoms with Crippen LogP contribution in [-0.4, -0.2) is 41.6 Å². The van der Waals surface area contributed by atoms with Crippen LogP contribution in [0.3, 0.4) is 0 Å². The summed E-state index contributed by atoms with van der Waals surface area (Å²) in [5, 5.41) is 5.98. The fourth-order valence-corrected chi connectivity index (χ4v) is 3.12. The van der Waals surface area contributed by atoms with E-state index in [1.54, 1.807) is 20.2 Å². The lowest BCUT2D eigenvalue weighted by Crippen LogP contribution is -2.56. The summed E-state index contributed by atoms with van der Waals surface area (Å²) in [5.41, 5.74) is 0.430. The van der Waals surface area contributed by atoms with Gasteiger partial charge in [-0.05, 0) is 19.8 Å². The van der Waals surface area contributed by atoms with Gasteiger partial charge < -0.3 is 15.5 Å². The molecule has 1 amide bonds. The lowest BCUT2D eigenvalue weighted by atomic mass is 9.87. The number of hydrogen-bond acceptors (Lipinski definition) is 5. The van der Waals surface area contributed by atoms with Crippen molar-refractivity contribution in [2.45, 2.75) is 58.9 Å². The zero-order valence-electron chi connectivity index (χ0n) is 16.1. The summed E-state index contributed by atoms with van der Waals surface area (Å²) in [4.78, 5) is 22.6. The van der Waals surface area contributed by atoms with Crippen LogP contribution in [0.15, 0.2) is 6.20 Å². The summed E-state index contributed by atoms with van der Waals surface area (Å²) in [6.45, 7) is 9.27. The van der Waals surface area contributed by atoms with Crippen molar-refractivity contribution < 1.29 is 4.79 Å². The third-order valence-corrected chi connectivity index (χ3v) is 4.61. The van der Waals surface area contributed by atoms with Crippen LogP contribution < -0.4 is 15.5 Å². The fraction of sp³-hybridized carbons (Fsp3) is 0.632. The zero-order chi connectivity index (χ0) is 18.9. The number of nitrogens with zero attached hydrogens (tertiary/aromatic N) is 3. The second-order valence-corrected chi connectivity index (χ2v) is 6.16. The number of carbonyl (C=O) groups is 1. The van der Waals surface area contributed by atoms with Gasteiger partial charge in [0.25, 0.3) is 0 Å². The molecule has 2 N–H and O–H groups in total. The third kappa shape index (κ3) is 5.09. The molecule has 1 aromatic rings. The minimum absolute atomic E-state index is 0.0267. The number of carbonyl (C=O) groups excluding carboxylic acids is 1. The fourth-order valence-electron chi connectivity index (χ4n) is 3.12. The number of amides is 1. The van der Waals surface area contributed by atoms with Gasteiger partial charge in [-0.15, -0.1) is 6.42 Å². The number of unbranched alkanes of at least 4 members (excludes halogenated alkanes) is 1. The van der Waals surface area contributed by atoms with E-state index in [0.717, 1.165) is 38.0 Å². The molecular weight excluding hydrogens is 314 g/mol. The predicted molar refractivity (Wildman–Crippen MR) is 104 cm³/mol. The van der Waals surface area contributed by atoms with Crippen molar-refractivity contribution in [3.05, 3.63) is 11.8 Å². The Kier molecular flexibility index (Phi) is 8.20. The van der Waals surface area contributed by atoms with E-state index in [2.05, 4.69) is 52.2 Å². The number of aromatic nitrogens is 2. The van der Waals surface area contributed by atoms with Crippen LogP contribution in [0.2, 0.25) is 0 Å². The van der Waals surface area contributed by atoms with Gasteiger partial charge in [-0.1, -0.05) is 32.6 Å². The highest BCUT2D eigenvalue weighted by Crippen LogP contribution is 2.32. The van der Waals surface area contributed by atoms with Crippen molar-refractivity contribution in [1.82, 2.24) is 15.3 Å². The SMILES string of the molecule is C#Cc1cnc(NC)nc1N(CC)C(CC)(CCCC)CNC(C)=O. The summed E-state index contributed by atoms with van der Waals surface area (Å²) in [6.07, 6.45) is 11.4. The molecule has 25 heavy (non-hydrogen) atoms. The van der Waals surface area contributed by atoms with Crippen molar-refractivity contribution >= 4 is 17.7 Å². The van der Waals surface area contributed by atoms with Gasteiger partial charge in [0.2, 0.25) is 11.9 Å². The first kappa shape index (κ1) is 20.8. The van der Waals surface area contributed by atoms with E-state index >= 15 is 0 Å². The molecule has 0 spiro atoms. The summed E-state index contributed by atoms with van der Waals surface area (Å²) in [7, 11) is 1.78. The number of rotatable bonds is 10. The van der Waals surface area contributed by atoms with E-state index in [-0.39, 0.29) is 11.4 Å². The van der Waals surface area contributed by atoms with E-state index in [1.165, 1.54) is 0 Å². The Bertz CT molecular complexity index is 610. The van der Waals surface area contributed by atoms with Gasteiger partial charge in [0.1, 0.15) is 0 Å². The van der Waals surface area contributed by atoms with Gasteiger partial charge in [0.15, 0.2) is 5.82 Å². The summed E-state index contributed by atoms with van der Waals surface area (Å²) in [5.74, 6) is 3.95. The van der Waals surface area contributed by atoms with Crippen molar-refractivity contribution in [2.24, 2.45) is 0 Å². The molecule has 0 fully saturated rings. The van der Waals surface area contributed by atoms with E-state index < -0.39 is 0 Å². The van der Waals surface area contributed by atoms with Gasteiger partial charge in [-0.25, -0.2) is 4.98 Å². The van der Waals surface area contributed by atoms with Crippen molar-refractivity contribution in [3.63, 3.8) is 0 Å². The highest BCUT2D eigenvalue weighted by atomic mass is 16.1. The maximum absolute atomic E-state index is 11.6. The molecule has 1 atom stereocenters. The average Bonchev–Trinajstić information content (AvgIpc) is 2.63. The van der Waals surface area contributed by atoms with Gasteiger partial charge >= 0.3 is 0 Å². The Balaban J connectivity index is 3.41. The van der Waals surface area contributed by atoms with Crippen molar-refractivity contribution in [1.29, 1.82) is 0 Å². The largest absolute Gasteiger partial charge is 0.357 e. The lowest BCUT2D eigenvalue weighted by molar-refractivity contribution is -0.119. The lowest BCUT2D eigenvalue weighted by Gasteiger charge is -2.44. The van der Waals surface area contributed by atoms with Crippen LogP contribution in [0.5, 0.6) is 0 Å². The van der Waals surface area contributed by atoms with Gasteiger partial charge in [0, 0.05) is 27.1 Å². The number of nitrogens with one attached hydrogen (secondary N) is 2. The molecule has 6 heteroatoms. The summed E-state index contributed by atoms with van der Waals surface area (Å²) in [6, 6.07) is 0. The topological polar surface area (TPSA) is 70.2 Å². The minimum Gasteiger partial charge on any atom is -0.357 e. The molecule has 0 saturated carbocycles. The molecule has 0 bridgehead atoms.